The number of fused-ring (bicyclic) bond motifs is 9. The monoisotopic (exact) mass is 685 g/mol. The van der Waals surface area contributed by atoms with E-state index in [0.717, 1.165) is 50.0 Å². The molecule has 11 rings (SSSR count). The summed E-state index contributed by atoms with van der Waals surface area (Å²) in [5.74, 6) is 0.856. The molecule has 0 saturated carbocycles. The van der Waals surface area contributed by atoms with Crippen molar-refractivity contribution >= 4 is 80.8 Å². The third-order valence-electron chi connectivity index (χ3n) is 10.5. The van der Waals surface area contributed by atoms with Crippen molar-refractivity contribution in [3.8, 4) is 11.1 Å². The Balaban J connectivity index is 1.04. The summed E-state index contributed by atoms with van der Waals surface area (Å²) in [4.78, 5) is 5.33. The van der Waals surface area contributed by atoms with Crippen LogP contribution in [0.4, 0.5) is 0 Å². The van der Waals surface area contributed by atoms with Gasteiger partial charge in [-0.25, -0.2) is 4.99 Å². The van der Waals surface area contributed by atoms with E-state index in [0.29, 0.717) is 0 Å². The highest BCUT2D eigenvalue weighted by Gasteiger charge is 2.28. The lowest BCUT2D eigenvalue weighted by Crippen LogP contribution is -2.45. The van der Waals surface area contributed by atoms with Crippen molar-refractivity contribution in [3.05, 3.63) is 180 Å². The summed E-state index contributed by atoms with van der Waals surface area (Å²) in [6.07, 6.45) is -0.500. The lowest BCUT2D eigenvalue weighted by atomic mass is 9.97. The SMILES string of the molecule is c1ccc(C2=NC(c3cccc4oc5ccc(-c6ccc7sc8ccccc8c7c6)cc5c34)NC(c3ccc4c(ccc5ccccc54)c3)N2)cc1. The fraction of sp³-hybridized carbons (Fsp3) is 0.0426. The quantitative estimate of drug-likeness (QED) is 0.181. The Kier molecular flexibility index (Phi) is 6.59. The van der Waals surface area contributed by atoms with E-state index in [2.05, 4.69) is 168 Å². The van der Waals surface area contributed by atoms with Crippen LogP contribution >= 0.6 is 11.3 Å². The minimum absolute atomic E-state index is 0.176. The van der Waals surface area contributed by atoms with Crippen molar-refractivity contribution < 1.29 is 4.42 Å². The highest BCUT2D eigenvalue weighted by atomic mass is 32.1. The summed E-state index contributed by atoms with van der Waals surface area (Å²) in [6, 6.07) is 58.6. The molecule has 0 saturated heterocycles. The molecule has 0 spiro atoms. The Bertz CT molecular complexity index is 3050. The van der Waals surface area contributed by atoms with Gasteiger partial charge in [-0.05, 0) is 80.7 Å². The normalized spacial score (nSPS) is 16.3. The van der Waals surface area contributed by atoms with Gasteiger partial charge < -0.3 is 9.73 Å². The molecule has 4 nitrogen and oxygen atoms in total. The lowest BCUT2D eigenvalue weighted by Gasteiger charge is -2.32. The van der Waals surface area contributed by atoms with Crippen molar-refractivity contribution in [3.63, 3.8) is 0 Å². The number of furan rings is 1. The van der Waals surface area contributed by atoms with Crippen molar-refractivity contribution in [2.75, 3.05) is 0 Å². The number of rotatable bonds is 4. The van der Waals surface area contributed by atoms with Gasteiger partial charge in [-0.2, -0.15) is 0 Å². The maximum absolute atomic E-state index is 6.51. The summed E-state index contributed by atoms with van der Waals surface area (Å²) >= 11 is 1.85. The van der Waals surface area contributed by atoms with Crippen LogP contribution < -0.4 is 10.6 Å². The second-order valence-electron chi connectivity index (χ2n) is 13.6. The molecule has 0 bridgehead atoms. The van der Waals surface area contributed by atoms with Crippen LogP contribution in [0, 0.1) is 0 Å². The van der Waals surface area contributed by atoms with Gasteiger partial charge in [0, 0.05) is 42.1 Å². The fourth-order valence-corrected chi connectivity index (χ4v) is 9.10. The number of benzene rings is 8. The van der Waals surface area contributed by atoms with Gasteiger partial charge in [-0.3, -0.25) is 5.32 Å². The first-order valence-corrected chi connectivity index (χ1v) is 18.5. The minimum Gasteiger partial charge on any atom is -0.456 e. The highest BCUT2D eigenvalue weighted by Crippen LogP contribution is 2.40. The molecule has 1 aliphatic heterocycles. The molecule has 3 heterocycles. The summed E-state index contributed by atoms with van der Waals surface area (Å²) in [5.41, 5.74) is 7.36. The van der Waals surface area contributed by atoms with E-state index >= 15 is 0 Å². The molecule has 2 atom stereocenters. The molecule has 5 heteroatoms. The van der Waals surface area contributed by atoms with E-state index < -0.39 is 0 Å². The Morgan fingerprint density at radius 3 is 2.17 bits per heavy atom. The molecule has 0 aliphatic carbocycles. The maximum atomic E-state index is 6.51. The zero-order chi connectivity index (χ0) is 34.2. The average Bonchev–Trinajstić information content (AvgIpc) is 3.78. The van der Waals surface area contributed by atoms with Crippen molar-refractivity contribution in [1.82, 2.24) is 10.6 Å². The predicted octanol–water partition coefficient (Wildman–Crippen LogP) is 12.3. The van der Waals surface area contributed by atoms with E-state index in [-0.39, 0.29) is 12.3 Å². The van der Waals surface area contributed by atoms with Gasteiger partial charge in [-0.15, -0.1) is 11.3 Å². The molecule has 0 radical (unpaired) electrons. The average molecular weight is 686 g/mol. The van der Waals surface area contributed by atoms with Crippen LogP contribution in [-0.2, 0) is 0 Å². The Hall–Kier alpha value is -6.27. The minimum atomic E-state index is -0.324. The van der Waals surface area contributed by atoms with Gasteiger partial charge in [0.15, 0.2) is 0 Å². The van der Waals surface area contributed by atoms with E-state index in [1.54, 1.807) is 0 Å². The number of nitrogens with one attached hydrogen (secondary N) is 2. The third-order valence-corrected chi connectivity index (χ3v) is 11.7. The number of nitrogens with zero attached hydrogens (tertiary/aromatic N) is 1. The van der Waals surface area contributed by atoms with Crippen molar-refractivity contribution in [2.24, 2.45) is 4.99 Å². The molecule has 2 aromatic heterocycles. The first-order chi connectivity index (χ1) is 25.7. The largest absolute Gasteiger partial charge is 0.456 e. The second-order valence-corrected chi connectivity index (χ2v) is 14.7. The number of aliphatic imine (C=N–C) groups is 1. The first kappa shape index (κ1) is 29.5. The fourth-order valence-electron chi connectivity index (χ4n) is 8.01. The van der Waals surface area contributed by atoms with Gasteiger partial charge in [0.1, 0.15) is 29.3 Å². The van der Waals surface area contributed by atoms with Crippen molar-refractivity contribution in [2.45, 2.75) is 12.3 Å². The molecule has 2 unspecified atom stereocenters. The molecule has 1 aliphatic rings. The Morgan fingerprint density at radius 1 is 0.500 bits per heavy atom. The number of thiophene rings is 1. The van der Waals surface area contributed by atoms with Crippen LogP contribution in [0.1, 0.15) is 29.0 Å². The number of amidine groups is 1. The van der Waals surface area contributed by atoms with Gasteiger partial charge in [0.2, 0.25) is 0 Å². The van der Waals surface area contributed by atoms with E-state index in [9.17, 15) is 0 Å². The van der Waals surface area contributed by atoms with E-state index in [4.69, 9.17) is 9.41 Å². The Morgan fingerprint density at radius 2 is 1.25 bits per heavy atom. The Labute approximate surface area is 303 Å². The third kappa shape index (κ3) is 4.74. The van der Waals surface area contributed by atoms with Gasteiger partial charge in [-0.1, -0.05) is 121 Å². The molecular formula is C47H31N3OS. The molecule has 8 aromatic carbocycles. The molecular weight excluding hydrogens is 655 g/mol. The number of hydrogen-bond donors (Lipinski definition) is 2. The molecule has 10 aromatic rings. The van der Waals surface area contributed by atoms with E-state index in [1.807, 2.05) is 17.4 Å². The van der Waals surface area contributed by atoms with Gasteiger partial charge in [0.25, 0.3) is 0 Å². The smallest absolute Gasteiger partial charge is 0.135 e. The van der Waals surface area contributed by atoms with E-state index in [1.165, 1.54) is 47.3 Å². The van der Waals surface area contributed by atoms with Crippen LogP contribution in [0.3, 0.4) is 0 Å². The standard InChI is InChI=1S/C47H31N3OS/c1-2-10-29(11-3-1)45-48-46(33-19-22-35-32(25-33)18-17-28-9-4-5-12-34(28)35)50-47(49-45)37-14-8-15-41-44(37)39-27-30(20-23-40(39)51-41)31-21-24-43-38(26-31)36-13-6-7-16-42(36)52-43/h1-27,46-47,50H,(H,48,49). The van der Waals surface area contributed by atoms with Gasteiger partial charge >= 0.3 is 0 Å². The second kappa shape index (κ2) is 11.6. The summed E-state index contributed by atoms with van der Waals surface area (Å²) < 4.78 is 9.13. The summed E-state index contributed by atoms with van der Waals surface area (Å²) in [7, 11) is 0. The highest BCUT2D eigenvalue weighted by molar-refractivity contribution is 7.25. The zero-order valence-corrected chi connectivity index (χ0v) is 28.8. The first-order valence-electron chi connectivity index (χ1n) is 17.7. The summed E-state index contributed by atoms with van der Waals surface area (Å²) in [5, 5.41) is 17.4. The predicted molar refractivity (Wildman–Crippen MR) is 218 cm³/mol. The topological polar surface area (TPSA) is 49.6 Å². The molecule has 0 amide bonds. The maximum Gasteiger partial charge on any atom is 0.135 e. The molecule has 246 valence electrons. The van der Waals surface area contributed by atoms with Crippen LogP contribution in [0.25, 0.3) is 74.8 Å². The molecule has 0 fully saturated rings. The van der Waals surface area contributed by atoms with Gasteiger partial charge in [0.05, 0.1) is 0 Å². The number of hydrogen-bond acceptors (Lipinski definition) is 5. The molecule has 52 heavy (non-hydrogen) atoms. The lowest BCUT2D eigenvalue weighted by molar-refractivity contribution is 0.411. The van der Waals surface area contributed by atoms with Crippen LogP contribution in [0.5, 0.6) is 0 Å². The zero-order valence-electron chi connectivity index (χ0n) is 28.0. The van der Waals surface area contributed by atoms with Crippen LogP contribution in [0.2, 0.25) is 0 Å². The molecule has 2 N–H and O–H groups in total. The van der Waals surface area contributed by atoms with Crippen LogP contribution in [0.15, 0.2) is 173 Å². The summed E-state index contributed by atoms with van der Waals surface area (Å²) in [6.45, 7) is 0. The van der Waals surface area contributed by atoms with Crippen molar-refractivity contribution in [1.29, 1.82) is 0 Å². The van der Waals surface area contributed by atoms with Crippen LogP contribution in [-0.4, -0.2) is 5.84 Å².